The van der Waals surface area contributed by atoms with E-state index in [1.54, 1.807) is 24.3 Å². The van der Waals surface area contributed by atoms with E-state index in [-0.39, 0.29) is 6.42 Å². The van der Waals surface area contributed by atoms with Crippen LogP contribution in [0.4, 0.5) is 5.69 Å². The molecule has 4 N–H and O–H groups in total. The average molecular weight is 208 g/mol. The predicted molar refractivity (Wildman–Crippen MR) is 55.7 cm³/mol. The minimum absolute atomic E-state index is 0.0286. The number of rotatable bonds is 5. The monoisotopic (exact) mass is 208 g/mol. The van der Waals surface area contributed by atoms with Crippen LogP contribution in [-0.2, 0) is 4.79 Å². The number of anilines is 1. The van der Waals surface area contributed by atoms with E-state index in [0.29, 0.717) is 17.8 Å². The van der Waals surface area contributed by atoms with Gasteiger partial charge in [-0.05, 0) is 18.2 Å². The summed E-state index contributed by atoms with van der Waals surface area (Å²) in [5.41, 5.74) is 6.18. The topological polar surface area (TPSA) is 92.4 Å². The zero-order valence-electron chi connectivity index (χ0n) is 8.06. The van der Waals surface area contributed by atoms with Crippen LogP contribution in [0.15, 0.2) is 24.3 Å². The Bertz CT molecular complexity index is 377. The van der Waals surface area contributed by atoms with Crippen molar-refractivity contribution in [3.63, 3.8) is 0 Å². The van der Waals surface area contributed by atoms with Gasteiger partial charge in [0.05, 0.1) is 6.42 Å². The lowest BCUT2D eigenvalue weighted by Gasteiger charge is -2.05. The van der Waals surface area contributed by atoms with Crippen molar-refractivity contribution in [2.75, 3.05) is 11.9 Å². The molecule has 0 aromatic heterocycles. The Balaban J connectivity index is 2.58. The zero-order chi connectivity index (χ0) is 11.3. The van der Waals surface area contributed by atoms with Gasteiger partial charge in [-0.25, -0.2) is 0 Å². The first-order valence-electron chi connectivity index (χ1n) is 4.45. The molecule has 15 heavy (non-hydrogen) atoms. The molecule has 0 unspecified atom stereocenters. The number of nitrogens with two attached hydrogens (primary N) is 1. The van der Waals surface area contributed by atoms with E-state index in [2.05, 4.69) is 5.32 Å². The normalized spacial score (nSPS) is 9.60. The number of carboxylic acids is 1. The molecule has 0 aliphatic heterocycles. The van der Waals surface area contributed by atoms with Crippen LogP contribution in [-0.4, -0.2) is 23.5 Å². The molecule has 1 rings (SSSR count). The predicted octanol–water partition coefficient (Wildman–Crippen LogP) is 0.672. The molecule has 0 spiro atoms. The number of benzene rings is 1. The first-order chi connectivity index (χ1) is 7.09. The van der Waals surface area contributed by atoms with Crippen LogP contribution < -0.4 is 11.1 Å². The van der Waals surface area contributed by atoms with Crippen LogP contribution >= 0.6 is 0 Å². The number of carbonyl (C=O) groups is 2. The molecule has 1 aromatic carbocycles. The number of hydrogen-bond acceptors (Lipinski definition) is 3. The van der Waals surface area contributed by atoms with E-state index < -0.39 is 11.9 Å². The van der Waals surface area contributed by atoms with Gasteiger partial charge >= 0.3 is 5.97 Å². The quantitative estimate of drug-likeness (QED) is 0.663. The van der Waals surface area contributed by atoms with Crippen molar-refractivity contribution in [3.8, 4) is 0 Å². The maximum absolute atomic E-state index is 10.8. The van der Waals surface area contributed by atoms with Crippen LogP contribution in [0, 0.1) is 0 Å². The summed E-state index contributed by atoms with van der Waals surface area (Å²) in [7, 11) is 0. The molecule has 0 saturated heterocycles. The lowest BCUT2D eigenvalue weighted by molar-refractivity contribution is -0.136. The van der Waals surface area contributed by atoms with Gasteiger partial charge in [-0.15, -0.1) is 0 Å². The molecule has 80 valence electrons. The summed E-state index contributed by atoms with van der Waals surface area (Å²) in [5.74, 6) is -1.37. The third-order valence-electron chi connectivity index (χ3n) is 1.82. The van der Waals surface area contributed by atoms with Gasteiger partial charge in [0.25, 0.3) is 0 Å². The Morgan fingerprint density at radius 1 is 1.40 bits per heavy atom. The lowest BCUT2D eigenvalue weighted by Crippen LogP contribution is -2.12. The van der Waals surface area contributed by atoms with E-state index in [1.807, 2.05) is 0 Å². The molecule has 1 amide bonds. The van der Waals surface area contributed by atoms with Crippen molar-refractivity contribution in [2.24, 2.45) is 5.73 Å². The third-order valence-corrected chi connectivity index (χ3v) is 1.82. The van der Waals surface area contributed by atoms with E-state index in [4.69, 9.17) is 10.8 Å². The van der Waals surface area contributed by atoms with Gasteiger partial charge < -0.3 is 16.2 Å². The van der Waals surface area contributed by atoms with Crippen molar-refractivity contribution >= 4 is 17.6 Å². The molecule has 0 aliphatic rings. The molecule has 0 aliphatic carbocycles. The average Bonchev–Trinajstić information content (AvgIpc) is 2.17. The Kier molecular flexibility index (Phi) is 3.68. The second-order valence-corrected chi connectivity index (χ2v) is 3.02. The number of nitrogens with one attached hydrogen (secondary N) is 1. The molecule has 5 heteroatoms. The highest BCUT2D eigenvalue weighted by Gasteiger charge is 2.01. The molecule has 0 saturated carbocycles. The number of carboxylic acid groups (broad SMARTS) is 1. The fourth-order valence-corrected chi connectivity index (χ4v) is 1.10. The van der Waals surface area contributed by atoms with Gasteiger partial charge in [0, 0.05) is 17.8 Å². The standard InChI is InChI=1S/C10H12N2O3/c11-10(15)7-2-1-3-8(6-7)12-5-4-9(13)14/h1-3,6,12H,4-5H2,(H2,11,15)(H,13,14). The van der Waals surface area contributed by atoms with Crippen molar-refractivity contribution in [1.29, 1.82) is 0 Å². The Morgan fingerprint density at radius 2 is 2.13 bits per heavy atom. The molecular weight excluding hydrogens is 196 g/mol. The number of primary amides is 1. The van der Waals surface area contributed by atoms with Crippen LogP contribution in [0.5, 0.6) is 0 Å². The Hall–Kier alpha value is -2.04. The summed E-state index contributed by atoms with van der Waals surface area (Å²) in [6, 6.07) is 6.62. The van der Waals surface area contributed by atoms with E-state index in [0.717, 1.165) is 0 Å². The van der Waals surface area contributed by atoms with Crippen LogP contribution in [0.25, 0.3) is 0 Å². The third kappa shape index (κ3) is 3.68. The minimum atomic E-state index is -0.867. The molecule has 5 nitrogen and oxygen atoms in total. The smallest absolute Gasteiger partial charge is 0.305 e. The van der Waals surface area contributed by atoms with Gasteiger partial charge in [0.2, 0.25) is 5.91 Å². The molecule has 0 fully saturated rings. The number of aliphatic carboxylic acids is 1. The van der Waals surface area contributed by atoms with E-state index in [9.17, 15) is 9.59 Å². The summed E-state index contributed by atoms with van der Waals surface area (Å²) in [6.07, 6.45) is 0.0286. The highest BCUT2D eigenvalue weighted by Crippen LogP contribution is 2.09. The van der Waals surface area contributed by atoms with Gasteiger partial charge in [-0.3, -0.25) is 9.59 Å². The summed E-state index contributed by atoms with van der Waals surface area (Å²) >= 11 is 0. The largest absolute Gasteiger partial charge is 0.481 e. The summed E-state index contributed by atoms with van der Waals surface area (Å²) in [4.78, 5) is 21.1. The summed E-state index contributed by atoms with van der Waals surface area (Å²) < 4.78 is 0. The van der Waals surface area contributed by atoms with Crippen LogP contribution in [0.2, 0.25) is 0 Å². The lowest BCUT2D eigenvalue weighted by atomic mass is 10.2. The Morgan fingerprint density at radius 3 is 2.73 bits per heavy atom. The second-order valence-electron chi connectivity index (χ2n) is 3.02. The van der Waals surface area contributed by atoms with Crippen LogP contribution in [0.1, 0.15) is 16.8 Å². The maximum Gasteiger partial charge on any atom is 0.305 e. The fourth-order valence-electron chi connectivity index (χ4n) is 1.10. The SMILES string of the molecule is NC(=O)c1cccc(NCCC(=O)O)c1. The number of carbonyl (C=O) groups excluding carboxylic acids is 1. The fraction of sp³-hybridized carbons (Fsp3) is 0.200. The number of hydrogen-bond donors (Lipinski definition) is 3. The highest BCUT2D eigenvalue weighted by atomic mass is 16.4. The highest BCUT2D eigenvalue weighted by molar-refractivity contribution is 5.93. The first-order valence-corrected chi connectivity index (χ1v) is 4.45. The first kappa shape index (κ1) is 11.0. The molecule has 0 bridgehead atoms. The number of amides is 1. The van der Waals surface area contributed by atoms with Crippen LogP contribution in [0.3, 0.4) is 0 Å². The Labute approximate surface area is 86.9 Å². The molecule has 1 aromatic rings. The molecule has 0 heterocycles. The van der Waals surface area contributed by atoms with E-state index >= 15 is 0 Å². The molecule has 0 atom stereocenters. The molecular formula is C10H12N2O3. The van der Waals surface area contributed by atoms with Crippen molar-refractivity contribution in [2.45, 2.75) is 6.42 Å². The second kappa shape index (κ2) is 4.99. The van der Waals surface area contributed by atoms with Crippen molar-refractivity contribution in [3.05, 3.63) is 29.8 Å². The minimum Gasteiger partial charge on any atom is -0.481 e. The van der Waals surface area contributed by atoms with Gasteiger partial charge in [-0.2, -0.15) is 0 Å². The van der Waals surface area contributed by atoms with Gasteiger partial charge in [0.15, 0.2) is 0 Å². The van der Waals surface area contributed by atoms with Gasteiger partial charge in [0.1, 0.15) is 0 Å². The van der Waals surface area contributed by atoms with E-state index in [1.165, 1.54) is 0 Å². The van der Waals surface area contributed by atoms with Crippen molar-refractivity contribution < 1.29 is 14.7 Å². The molecule has 0 radical (unpaired) electrons. The summed E-state index contributed by atoms with van der Waals surface area (Å²) in [5, 5.41) is 11.3. The van der Waals surface area contributed by atoms with Crippen molar-refractivity contribution in [1.82, 2.24) is 0 Å². The summed E-state index contributed by atoms with van der Waals surface area (Å²) in [6.45, 7) is 0.317. The maximum atomic E-state index is 10.8. The van der Waals surface area contributed by atoms with Gasteiger partial charge in [-0.1, -0.05) is 6.07 Å². The zero-order valence-corrected chi connectivity index (χ0v) is 8.06.